The van der Waals surface area contributed by atoms with Crippen LogP contribution < -0.4 is 5.73 Å². The van der Waals surface area contributed by atoms with E-state index in [2.05, 4.69) is 56.9 Å². The van der Waals surface area contributed by atoms with Crippen LogP contribution in [0.25, 0.3) is 6.08 Å². The molecule has 0 aliphatic carbocycles. The molecule has 0 bridgehead atoms. The number of aryl methyl sites for hydroxylation is 2. The summed E-state index contributed by atoms with van der Waals surface area (Å²) in [4.78, 5) is 0. The van der Waals surface area contributed by atoms with Crippen molar-refractivity contribution in [3.05, 3.63) is 41.0 Å². The van der Waals surface area contributed by atoms with Crippen molar-refractivity contribution in [3.8, 4) is 0 Å². The largest absolute Gasteiger partial charge is 0.333 e. The minimum atomic E-state index is 1.10. The van der Waals surface area contributed by atoms with Gasteiger partial charge in [0, 0.05) is 0 Å². The second-order valence-electron chi connectivity index (χ2n) is 3.15. The zero-order chi connectivity index (χ0) is 11.0. The summed E-state index contributed by atoms with van der Waals surface area (Å²) in [6.07, 6.45) is 5.46. The Morgan fingerprint density at radius 2 is 1.79 bits per heavy atom. The molecule has 0 saturated carbocycles. The Kier molecular flexibility index (Phi) is 6.77. The van der Waals surface area contributed by atoms with E-state index in [4.69, 9.17) is 0 Å². The number of hydrogen-bond acceptors (Lipinski definition) is 1. The maximum atomic E-state index is 4.50. The van der Waals surface area contributed by atoms with Gasteiger partial charge in [0.2, 0.25) is 0 Å². The summed E-state index contributed by atoms with van der Waals surface area (Å²) in [7, 11) is 1.50. The number of nitrogens with two attached hydrogens (primary N) is 1. The zero-order valence-electron chi connectivity index (χ0n) is 9.67. The van der Waals surface area contributed by atoms with Gasteiger partial charge in [0.05, 0.1) is 0 Å². The maximum Gasteiger partial charge on any atom is -0.0195 e. The number of hydrogen-bond donors (Lipinski definition) is 1. The van der Waals surface area contributed by atoms with Gasteiger partial charge in [-0.15, -0.1) is 0 Å². The molecule has 1 aromatic rings. The van der Waals surface area contributed by atoms with Crippen LogP contribution in [0.5, 0.6) is 0 Å². The van der Waals surface area contributed by atoms with Gasteiger partial charge in [-0.2, -0.15) is 0 Å². The molecule has 1 rings (SSSR count). The van der Waals surface area contributed by atoms with Crippen molar-refractivity contribution < 1.29 is 0 Å². The molecule has 1 heteroatoms. The van der Waals surface area contributed by atoms with E-state index < -0.39 is 0 Å². The summed E-state index contributed by atoms with van der Waals surface area (Å²) in [5, 5.41) is 0. The summed E-state index contributed by atoms with van der Waals surface area (Å²) in [5.41, 5.74) is 8.54. The van der Waals surface area contributed by atoms with Gasteiger partial charge in [-0.1, -0.05) is 37.3 Å². The van der Waals surface area contributed by atoms with Gasteiger partial charge in [-0.3, -0.25) is 0 Å². The van der Waals surface area contributed by atoms with Gasteiger partial charge in [0.25, 0.3) is 0 Å². The fourth-order valence-electron chi connectivity index (χ4n) is 1.12. The lowest BCUT2D eigenvalue weighted by Gasteiger charge is -2.00. The van der Waals surface area contributed by atoms with E-state index in [0.29, 0.717) is 0 Å². The minimum absolute atomic E-state index is 1.10. The van der Waals surface area contributed by atoms with Gasteiger partial charge in [0.1, 0.15) is 0 Å². The Morgan fingerprint density at radius 3 is 2.29 bits per heavy atom. The molecule has 0 aliphatic heterocycles. The fourth-order valence-corrected chi connectivity index (χ4v) is 1.12. The summed E-state index contributed by atoms with van der Waals surface area (Å²) in [6.45, 7) is 6.44. The molecule has 0 radical (unpaired) electrons. The lowest BCUT2D eigenvalue weighted by Crippen LogP contribution is -1.80. The molecule has 78 valence electrons. The summed E-state index contributed by atoms with van der Waals surface area (Å²) in [6, 6.07) is 6.56. The highest BCUT2D eigenvalue weighted by Gasteiger charge is 1.91. The quantitative estimate of drug-likeness (QED) is 0.762. The maximum absolute atomic E-state index is 4.50. The van der Waals surface area contributed by atoms with E-state index >= 15 is 0 Å². The zero-order valence-corrected chi connectivity index (χ0v) is 9.67. The van der Waals surface area contributed by atoms with Crippen molar-refractivity contribution in [2.45, 2.75) is 27.2 Å². The Balaban J connectivity index is 0.000000791. The summed E-state index contributed by atoms with van der Waals surface area (Å²) >= 11 is 0. The molecule has 0 heterocycles. The minimum Gasteiger partial charge on any atom is -0.333 e. The topological polar surface area (TPSA) is 26.0 Å². The molecule has 0 saturated heterocycles. The SMILES string of the molecule is CC/C=C/c1ccc(C)c(C)c1.CN. The molecule has 0 aliphatic rings. The standard InChI is InChI=1S/C12H16.CH5N/c1-4-5-6-12-8-7-10(2)11(3)9-12;1-2/h5-9H,4H2,1-3H3;2H2,1H3/b6-5+;. The van der Waals surface area contributed by atoms with Crippen molar-refractivity contribution in [2.24, 2.45) is 5.73 Å². The predicted molar refractivity (Wildman–Crippen MR) is 65.4 cm³/mol. The molecule has 0 aromatic heterocycles. The van der Waals surface area contributed by atoms with Gasteiger partial charge in [-0.05, 0) is 44.0 Å². The average molecular weight is 191 g/mol. The van der Waals surface area contributed by atoms with Crippen molar-refractivity contribution in [1.82, 2.24) is 0 Å². The van der Waals surface area contributed by atoms with Gasteiger partial charge in [-0.25, -0.2) is 0 Å². The van der Waals surface area contributed by atoms with Crippen LogP contribution in [-0.4, -0.2) is 7.05 Å². The number of allylic oxidation sites excluding steroid dienone is 1. The first-order valence-electron chi connectivity index (χ1n) is 5.05. The molecule has 0 atom stereocenters. The van der Waals surface area contributed by atoms with E-state index in [1.807, 2.05) is 0 Å². The third-order valence-electron chi connectivity index (χ3n) is 2.08. The molecule has 1 aromatic carbocycles. The van der Waals surface area contributed by atoms with Crippen LogP contribution in [0.3, 0.4) is 0 Å². The third kappa shape index (κ3) is 4.24. The van der Waals surface area contributed by atoms with E-state index in [0.717, 1.165) is 6.42 Å². The second kappa shape index (κ2) is 7.34. The molecule has 2 N–H and O–H groups in total. The van der Waals surface area contributed by atoms with Crippen LogP contribution in [0.2, 0.25) is 0 Å². The first kappa shape index (κ1) is 12.9. The Labute approximate surface area is 87.6 Å². The van der Waals surface area contributed by atoms with E-state index in [9.17, 15) is 0 Å². The Hall–Kier alpha value is -1.08. The third-order valence-corrected chi connectivity index (χ3v) is 2.08. The highest BCUT2D eigenvalue weighted by molar-refractivity contribution is 5.51. The van der Waals surface area contributed by atoms with Crippen LogP contribution in [-0.2, 0) is 0 Å². The lowest BCUT2D eigenvalue weighted by atomic mass is 10.1. The Bertz CT molecular complexity index is 287. The van der Waals surface area contributed by atoms with Crippen molar-refractivity contribution >= 4 is 6.08 Å². The molecular formula is C13H21N. The molecule has 0 amide bonds. The highest BCUT2D eigenvalue weighted by Crippen LogP contribution is 2.11. The van der Waals surface area contributed by atoms with Gasteiger partial charge in [0.15, 0.2) is 0 Å². The molecule has 14 heavy (non-hydrogen) atoms. The molecule has 0 spiro atoms. The first-order valence-corrected chi connectivity index (χ1v) is 5.05. The first-order chi connectivity index (χ1) is 6.74. The smallest absolute Gasteiger partial charge is 0.0195 e. The van der Waals surface area contributed by atoms with Crippen LogP contribution in [0.1, 0.15) is 30.0 Å². The molecular weight excluding hydrogens is 170 g/mol. The van der Waals surface area contributed by atoms with Gasteiger partial charge < -0.3 is 5.73 Å². The number of rotatable bonds is 2. The van der Waals surface area contributed by atoms with Crippen molar-refractivity contribution in [2.75, 3.05) is 7.05 Å². The summed E-state index contributed by atoms with van der Waals surface area (Å²) < 4.78 is 0. The Morgan fingerprint density at radius 1 is 1.14 bits per heavy atom. The van der Waals surface area contributed by atoms with Gasteiger partial charge >= 0.3 is 0 Å². The van der Waals surface area contributed by atoms with E-state index in [1.165, 1.54) is 23.7 Å². The van der Waals surface area contributed by atoms with Crippen LogP contribution in [0.4, 0.5) is 0 Å². The van der Waals surface area contributed by atoms with Crippen LogP contribution in [0.15, 0.2) is 24.3 Å². The highest BCUT2D eigenvalue weighted by atomic mass is 14.4. The summed E-state index contributed by atoms with van der Waals surface area (Å²) in [5.74, 6) is 0. The van der Waals surface area contributed by atoms with Crippen LogP contribution in [0, 0.1) is 13.8 Å². The predicted octanol–water partition coefficient (Wildman–Crippen LogP) is 3.30. The number of benzene rings is 1. The molecule has 1 nitrogen and oxygen atoms in total. The molecule has 0 fully saturated rings. The van der Waals surface area contributed by atoms with Crippen molar-refractivity contribution in [1.29, 1.82) is 0 Å². The van der Waals surface area contributed by atoms with Crippen molar-refractivity contribution in [3.63, 3.8) is 0 Å². The van der Waals surface area contributed by atoms with E-state index in [1.54, 1.807) is 0 Å². The average Bonchev–Trinajstić information content (AvgIpc) is 2.23. The fraction of sp³-hybridized carbons (Fsp3) is 0.385. The van der Waals surface area contributed by atoms with Crippen LogP contribution >= 0.6 is 0 Å². The lowest BCUT2D eigenvalue weighted by molar-refractivity contribution is 1.23. The normalized spacial score (nSPS) is 9.79. The molecule has 0 unspecified atom stereocenters. The second-order valence-corrected chi connectivity index (χ2v) is 3.15. The monoisotopic (exact) mass is 191 g/mol. The van der Waals surface area contributed by atoms with E-state index in [-0.39, 0.29) is 0 Å².